The number of likely N-dealkylation sites (tertiary alicyclic amines) is 1. The highest BCUT2D eigenvalue weighted by atomic mass is 19.1. The van der Waals surface area contributed by atoms with Gasteiger partial charge in [-0.15, -0.1) is 0 Å². The molecule has 1 fully saturated rings. The Balaban J connectivity index is 1.95. The van der Waals surface area contributed by atoms with Crippen molar-refractivity contribution in [1.82, 2.24) is 4.90 Å². The number of rotatable bonds is 4. The van der Waals surface area contributed by atoms with Crippen molar-refractivity contribution in [1.29, 1.82) is 0 Å². The lowest BCUT2D eigenvalue weighted by molar-refractivity contribution is -0.118. The number of hydrogen-bond donors (Lipinski definition) is 2. The van der Waals surface area contributed by atoms with Crippen LogP contribution in [0.5, 0.6) is 0 Å². The summed E-state index contributed by atoms with van der Waals surface area (Å²) in [5, 5.41) is 2.80. The first kappa shape index (κ1) is 15.9. The van der Waals surface area contributed by atoms with Crippen LogP contribution in [0.25, 0.3) is 0 Å². The van der Waals surface area contributed by atoms with E-state index in [0.717, 1.165) is 13.0 Å². The van der Waals surface area contributed by atoms with Crippen LogP contribution in [0.4, 0.5) is 10.1 Å². The number of nitrogens with two attached hydrogens (primary N) is 1. The van der Waals surface area contributed by atoms with Crippen LogP contribution in [0.1, 0.15) is 20.3 Å². The van der Waals surface area contributed by atoms with Crippen molar-refractivity contribution in [2.75, 3.05) is 25.0 Å². The second kappa shape index (κ2) is 7.00. The summed E-state index contributed by atoms with van der Waals surface area (Å²) in [6, 6.07) is 6.05. The van der Waals surface area contributed by atoms with Gasteiger partial charge in [-0.25, -0.2) is 4.39 Å². The SMILES string of the molecule is CC1CC(C)C(CN)N(CC(=O)Nc2ccc(F)cc2)C1. The Labute approximate surface area is 125 Å². The Morgan fingerprint density at radius 3 is 2.67 bits per heavy atom. The Kier molecular flexibility index (Phi) is 5.31. The molecule has 0 radical (unpaired) electrons. The number of nitrogens with zero attached hydrogens (tertiary/aromatic N) is 1. The van der Waals surface area contributed by atoms with Crippen molar-refractivity contribution >= 4 is 11.6 Å². The summed E-state index contributed by atoms with van der Waals surface area (Å²) in [7, 11) is 0. The molecule has 0 aromatic heterocycles. The summed E-state index contributed by atoms with van der Waals surface area (Å²) in [5.74, 6) is 0.676. The quantitative estimate of drug-likeness (QED) is 0.893. The molecule has 1 amide bonds. The molecule has 116 valence electrons. The Bertz CT molecular complexity index is 477. The van der Waals surface area contributed by atoms with E-state index in [1.165, 1.54) is 12.1 Å². The number of anilines is 1. The third-order valence-electron chi connectivity index (χ3n) is 4.16. The second-order valence-electron chi connectivity index (χ2n) is 6.11. The zero-order valence-electron chi connectivity index (χ0n) is 12.7. The molecule has 0 saturated carbocycles. The van der Waals surface area contributed by atoms with Gasteiger partial charge in [0.1, 0.15) is 5.82 Å². The molecule has 0 bridgehead atoms. The minimum absolute atomic E-state index is 0.0821. The monoisotopic (exact) mass is 293 g/mol. The van der Waals surface area contributed by atoms with Gasteiger partial charge >= 0.3 is 0 Å². The van der Waals surface area contributed by atoms with Gasteiger partial charge in [0.05, 0.1) is 6.54 Å². The number of carbonyl (C=O) groups is 1. The van der Waals surface area contributed by atoms with Gasteiger partial charge in [0, 0.05) is 24.8 Å². The van der Waals surface area contributed by atoms with Crippen LogP contribution in [0.15, 0.2) is 24.3 Å². The molecule has 0 spiro atoms. The summed E-state index contributed by atoms with van der Waals surface area (Å²) in [6.45, 7) is 6.18. The minimum Gasteiger partial charge on any atom is -0.329 e. The van der Waals surface area contributed by atoms with Crippen molar-refractivity contribution in [3.63, 3.8) is 0 Å². The maximum Gasteiger partial charge on any atom is 0.238 e. The number of nitrogens with one attached hydrogen (secondary N) is 1. The average molecular weight is 293 g/mol. The van der Waals surface area contributed by atoms with Crippen LogP contribution in [-0.4, -0.2) is 36.5 Å². The van der Waals surface area contributed by atoms with Crippen molar-refractivity contribution in [2.45, 2.75) is 26.3 Å². The third-order valence-corrected chi connectivity index (χ3v) is 4.16. The van der Waals surface area contributed by atoms with E-state index in [1.807, 2.05) is 0 Å². The molecule has 1 saturated heterocycles. The van der Waals surface area contributed by atoms with E-state index < -0.39 is 0 Å². The maximum atomic E-state index is 12.8. The molecular formula is C16H24FN3O. The molecular weight excluding hydrogens is 269 g/mol. The summed E-state index contributed by atoms with van der Waals surface area (Å²) >= 11 is 0. The first-order valence-electron chi connectivity index (χ1n) is 7.49. The van der Waals surface area contributed by atoms with Crippen molar-refractivity contribution in [2.24, 2.45) is 17.6 Å². The number of amides is 1. The van der Waals surface area contributed by atoms with Gasteiger partial charge in [0.15, 0.2) is 0 Å². The van der Waals surface area contributed by atoms with Gasteiger partial charge < -0.3 is 11.1 Å². The van der Waals surface area contributed by atoms with Gasteiger partial charge in [0.2, 0.25) is 5.91 Å². The largest absolute Gasteiger partial charge is 0.329 e. The lowest BCUT2D eigenvalue weighted by Crippen LogP contribution is -2.53. The minimum atomic E-state index is -0.310. The molecule has 4 nitrogen and oxygen atoms in total. The molecule has 3 atom stereocenters. The molecule has 1 aliphatic heterocycles. The van der Waals surface area contributed by atoms with E-state index in [2.05, 4.69) is 24.1 Å². The lowest BCUT2D eigenvalue weighted by Gasteiger charge is -2.42. The van der Waals surface area contributed by atoms with E-state index in [0.29, 0.717) is 30.6 Å². The van der Waals surface area contributed by atoms with Crippen LogP contribution in [0, 0.1) is 17.7 Å². The molecule has 3 N–H and O–H groups in total. The zero-order chi connectivity index (χ0) is 15.4. The highest BCUT2D eigenvalue weighted by Crippen LogP contribution is 2.26. The predicted octanol–water partition coefficient (Wildman–Crippen LogP) is 2.07. The first-order valence-corrected chi connectivity index (χ1v) is 7.49. The van der Waals surface area contributed by atoms with Crippen LogP contribution < -0.4 is 11.1 Å². The van der Waals surface area contributed by atoms with E-state index in [9.17, 15) is 9.18 Å². The van der Waals surface area contributed by atoms with Crippen molar-refractivity contribution in [3.05, 3.63) is 30.1 Å². The van der Waals surface area contributed by atoms with E-state index >= 15 is 0 Å². The summed E-state index contributed by atoms with van der Waals surface area (Å²) < 4.78 is 12.8. The third kappa shape index (κ3) is 4.25. The maximum absolute atomic E-state index is 12.8. The molecule has 1 aromatic carbocycles. The summed E-state index contributed by atoms with van der Waals surface area (Å²) in [6.07, 6.45) is 1.15. The molecule has 1 heterocycles. The first-order chi connectivity index (χ1) is 9.99. The normalized spacial score (nSPS) is 26.6. The number of benzene rings is 1. The number of carbonyl (C=O) groups excluding carboxylic acids is 1. The second-order valence-corrected chi connectivity index (χ2v) is 6.11. The average Bonchev–Trinajstić information content (AvgIpc) is 2.41. The summed E-state index contributed by atoms with van der Waals surface area (Å²) in [4.78, 5) is 14.3. The van der Waals surface area contributed by atoms with E-state index in [-0.39, 0.29) is 17.8 Å². The van der Waals surface area contributed by atoms with Crippen molar-refractivity contribution < 1.29 is 9.18 Å². The molecule has 1 aromatic rings. The molecule has 2 rings (SSSR count). The fourth-order valence-corrected chi connectivity index (χ4v) is 3.24. The fourth-order valence-electron chi connectivity index (χ4n) is 3.24. The van der Waals surface area contributed by atoms with Gasteiger partial charge in [-0.2, -0.15) is 0 Å². The van der Waals surface area contributed by atoms with Crippen LogP contribution in [0.3, 0.4) is 0 Å². The highest BCUT2D eigenvalue weighted by Gasteiger charge is 2.31. The lowest BCUT2D eigenvalue weighted by atomic mass is 9.85. The van der Waals surface area contributed by atoms with E-state index in [1.54, 1.807) is 12.1 Å². The molecule has 21 heavy (non-hydrogen) atoms. The van der Waals surface area contributed by atoms with Crippen LogP contribution in [0.2, 0.25) is 0 Å². The van der Waals surface area contributed by atoms with Gasteiger partial charge in [-0.3, -0.25) is 9.69 Å². The fraction of sp³-hybridized carbons (Fsp3) is 0.562. The van der Waals surface area contributed by atoms with Gasteiger partial charge in [-0.05, 0) is 42.5 Å². The number of halogens is 1. The topological polar surface area (TPSA) is 58.4 Å². The zero-order valence-corrected chi connectivity index (χ0v) is 12.7. The van der Waals surface area contributed by atoms with Gasteiger partial charge in [-0.1, -0.05) is 13.8 Å². The van der Waals surface area contributed by atoms with Crippen LogP contribution in [-0.2, 0) is 4.79 Å². The molecule has 0 aliphatic carbocycles. The van der Waals surface area contributed by atoms with Crippen molar-refractivity contribution in [3.8, 4) is 0 Å². The Hall–Kier alpha value is -1.46. The molecule has 5 heteroatoms. The van der Waals surface area contributed by atoms with E-state index in [4.69, 9.17) is 5.73 Å². The Morgan fingerprint density at radius 1 is 1.38 bits per heavy atom. The smallest absolute Gasteiger partial charge is 0.238 e. The summed E-state index contributed by atoms with van der Waals surface area (Å²) in [5.41, 5.74) is 6.47. The number of piperidine rings is 1. The number of hydrogen-bond acceptors (Lipinski definition) is 3. The molecule has 3 unspecified atom stereocenters. The molecule has 1 aliphatic rings. The van der Waals surface area contributed by atoms with Gasteiger partial charge in [0.25, 0.3) is 0 Å². The van der Waals surface area contributed by atoms with Crippen LogP contribution >= 0.6 is 0 Å². The Morgan fingerprint density at radius 2 is 2.05 bits per heavy atom. The predicted molar refractivity (Wildman–Crippen MR) is 82.4 cm³/mol. The highest BCUT2D eigenvalue weighted by molar-refractivity contribution is 5.92. The standard InChI is InChI=1S/C16H24FN3O/c1-11-7-12(2)15(8-18)20(9-11)10-16(21)19-14-5-3-13(17)4-6-14/h3-6,11-12,15H,7-10,18H2,1-2H3,(H,19,21).